The molecule has 0 bridgehead atoms. The fourth-order valence-electron chi connectivity index (χ4n) is 2.86. The molecule has 0 spiro atoms. The van der Waals surface area contributed by atoms with Crippen LogP contribution in [0.3, 0.4) is 0 Å². The number of ether oxygens (including phenoxy) is 3. The number of carbonyl (C=O) groups is 2. The molecule has 0 saturated heterocycles. The lowest BCUT2D eigenvalue weighted by atomic mass is 10.2. The number of benzene rings is 3. The number of rotatable bonds is 10. The van der Waals surface area contributed by atoms with Gasteiger partial charge in [0.25, 0.3) is 0 Å². The summed E-state index contributed by atoms with van der Waals surface area (Å²) in [6.45, 7) is 3.02. The molecule has 3 aromatic carbocycles. The van der Waals surface area contributed by atoms with Crippen molar-refractivity contribution in [3.8, 4) is 11.5 Å². The van der Waals surface area contributed by atoms with Crippen molar-refractivity contribution in [3.63, 3.8) is 0 Å². The lowest BCUT2D eigenvalue weighted by Gasteiger charge is -2.09. The summed E-state index contributed by atoms with van der Waals surface area (Å²) >= 11 is 0. The van der Waals surface area contributed by atoms with Crippen LogP contribution in [0, 0.1) is 0 Å². The van der Waals surface area contributed by atoms with Crippen LogP contribution in [0.1, 0.15) is 46.0 Å². The second-order valence-electron chi connectivity index (χ2n) is 7.02. The molecule has 0 radical (unpaired) electrons. The van der Waals surface area contributed by atoms with E-state index >= 15 is 0 Å². The summed E-state index contributed by atoms with van der Waals surface area (Å²) < 4.78 is 16.4. The van der Waals surface area contributed by atoms with E-state index in [2.05, 4.69) is 6.92 Å². The first kappa shape index (κ1) is 22.1. The third kappa shape index (κ3) is 7.00. The molecule has 0 heterocycles. The van der Waals surface area contributed by atoms with Gasteiger partial charge >= 0.3 is 11.9 Å². The summed E-state index contributed by atoms with van der Waals surface area (Å²) in [6, 6.07) is 23.0. The van der Waals surface area contributed by atoms with E-state index in [0.29, 0.717) is 29.9 Å². The molecule has 0 atom stereocenters. The second-order valence-corrected chi connectivity index (χ2v) is 7.02. The maximum Gasteiger partial charge on any atom is 0.343 e. The van der Waals surface area contributed by atoms with Gasteiger partial charge in [-0.15, -0.1) is 0 Å². The van der Waals surface area contributed by atoms with Crippen molar-refractivity contribution in [1.29, 1.82) is 0 Å². The lowest BCUT2D eigenvalue weighted by Crippen LogP contribution is -2.11. The highest BCUT2D eigenvalue weighted by Crippen LogP contribution is 2.18. The molecule has 3 aromatic rings. The van der Waals surface area contributed by atoms with Crippen molar-refractivity contribution in [1.82, 2.24) is 0 Å². The van der Waals surface area contributed by atoms with E-state index in [0.717, 1.165) is 18.4 Å². The van der Waals surface area contributed by atoms with Crippen LogP contribution >= 0.6 is 0 Å². The first-order valence-corrected chi connectivity index (χ1v) is 10.4. The molecule has 5 heteroatoms. The molecular weight excluding hydrogens is 392 g/mol. The molecule has 0 aliphatic carbocycles. The molecule has 0 unspecified atom stereocenters. The standard InChI is InChI=1S/C26H26O5/c1-2-3-17-29-23-14-12-21(13-15-23)26(28)31-24-11-7-10-22(19-24)25(27)30-18-16-20-8-5-4-6-9-20/h4-15,19H,2-3,16-18H2,1H3. The van der Waals surface area contributed by atoms with Crippen LogP contribution in [0.2, 0.25) is 0 Å². The van der Waals surface area contributed by atoms with Gasteiger partial charge in [0.15, 0.2) is 0 Å². The van der Waals surface area contributed by atoms with Crippen molar-refractivity contribution in [2.75, 3.05) is 13.2 Å². The molecule has 31 heavy (non-hydrogen) atoms. The summed E-state index contributed by atoms with van der Waals surface area (Å²) in [7, 11) is 0. The molecule has 0 aliphatic rings. The van der Waals surface area contributed by atoms with Crippen molar-refractivity contribution < 1.29 is 23.8 Å². The van der Waals surface area contributed by atoms with Crippen LogP contribution in [0.5, 0.6) is 11.5 Å². The van der Waals surface area contributed by atoms with Crippen LogP contribution < -0.4 is 9.47 Å². The van der Waals surface area contributed by atoms with Gasteiger partial charge in [-0.3, -0.25) is 0 Å². The van der Waals surface area contributed by atoms with E-state index in [1.165, 1.54) is 6.07 Å². The Balaban J connectivity index is 1.53. The zero-order valence-corrected chi connectivity index (χ0v) is 17.6. The Labute approximate surface area is 182 Å². The third-order valence-electron chi connectivity index (χ3n) is 4.60. The molecule has 5 nitrogen and oxygen atoms in total. The molecule has 0 aromatic heterocycles. The normalized spacial score (nSPS) is 10.4. The average molecular weight is 418 g/mol. The summed E-state index contributed by atoms with van der Waals surface area (Å²) in [5, 5.41) is 0. The SMILES string of the molecule is CCCCOc1ccc(C(=O)Oc2cccc(C(=O)OCCc3ccccc3)c2)cc1. The van der Waals surface area contributed by atoms with Gasteiger partial charge in [-0.05, 0) is 54.4 Å². The molecule has 0 fully saturated rings. The fourth-order valence-corrected chi connectivity index (χ4v) is 2.86. The Morgan fingerprint density at radius 3 is 2.26 bits per heavy atom. The summed E-state index contributed by atoms with van der Waals surface area (Å²) in [5.74, 6) is 0.0353. The van der Waals surface area contributed by atoms with Gasteiger partial charge < -0.3 is 14.2 Å². The van der Waals surface area contributed by atoms with Crippen LogP contribution in [0.25, 0.3) is 0 Å². The van der Waals surface area contributed by atoms with Crippen molar-refractivity contribution >= 4 is 11.9 Å². The third-order valence-corrected chi connectivity index (χ3v) is 4.60. The number of hydrogen-bond donors (Lipinski definition) is 0. The Bertz CT molecular complexity index is 980. The van der Waals surface area contributed by atoms with E-state index in [-0.39, 0.29) is 12.4 Å². The number of hydrogen-bond acceptors (Lipinski definition) is 5. The first-order chi connectivity index (χ1) is 15.2. The first-order valence-electron chi connectivity index (χ1n) is 10.4. The highest BCUT2D eigenvalue weighted by Gasteiger charge is 2.12. The number of esters is 2. The van der Waals surface area contributed by atoms with Gasteiger partial charge in [0.1, 0.15) is 11.5 Å². The maximum absolute atomic E-state index is 12.4. The fraction of sp³-hybridized carbons (Fsp3) is 0.231. The molecule has 0 aliphatic heterocycles. The topological polar surface area (TPSA) is 61.8 Å². The summed E-state index contributed by atoms with van der Waals surface area (Å²) in [5.41, 5.74) is 1.83. The molecule has 0 saturated carbocycles. The maximum atomic E-state index is 12.4. The predicted molar refractivity (Wildman–Crippen MR) is 119 cm³/mol. The van der Waals surface area contributed by atoms with Crippen LogP contribution in [-0.2, 0) is 11.2 Å². The van der Waals surface area contributed by atoms with Crippen LogP contribution in [0.4, 0.5) is 0 Å². The van der Waals surface area contributed by atoms with E-state index in [1.54, 1.807) is 42.5 Å². The minimum absolute atomic E-state index is 0.277. The van der Waals surface area contributed by atoms with Gasteiger partial charge in [-0.25, -0.2) is 9.59 Å². The van der Waals surface area contributed by atoms with Gasteiger partial charge in [-0.1, -0.05) is 49.7 Å². The quantitative estimate of drug-likeness (QED) is 0.248. The molecule has 160 valence electrons. The van der Waals surface area contributed by atoms with Gasteiger partial charge in [0.05, 0.1) is 24.3 Å². The van der Waals surface area contributed by atoms with Crippen molar-refractivity contribution in [2.45, 2.75) is 26.2 Å². The largest absolute Gasteiger partial charge is 0.494 e. The number of unbranched alkanes of at least 4 members (excludes halogenated alkanes) is 1. The summed E-state index contributed by atoms with van der Waals surface area (Å²) in [4.78, 5) is 24.7. The van der Waals surface area contributed by atoms with Crippen LogP contribution in [0.15, 0.2) is 78.9 Å². The highest BCUT2D eigenvalue weighted by atomic mass is 16.5. The van der Waals surface area contributed by atoms with E-state index in [4.69, 9.17) is 14.2 Å². The summed E-state index contributed by atoms with van der Waals surface area (Å²) in [6.07, 6.45) is 2.68. The van der Waals surface area contributed by atoms with E-state index in [9.17, 15) is 9.59 Å². The minimum atomic E-state index is -0.505. The van der Waals surface area contributed by atoms with E-state index in [1.807, 2.05) is 30.3 Å². The molecular formula is C26H26O5. The molecule has 3 rings (SSSR count). The zero-order chi connectivity index (χ0) is 21.9. The smallest absolute Gasteiger partial charge is 0.343 e. The second kappa shape index (κ2) is 11.6. The molecule has 0 N–H and O–H groups in total. The Morgan fingerprint density at radius 2 is 1.52 bits per heavy atom. The monoisotopic (exact) mass is 418 g/mol. The Morgan fingerprint density at radius 1 is 0.742 bits per heavy atom. The zero-order valence-electron chi connectivity index (χ0n) is 17.6. The predicted octanol–water partition coefficient (Wildman–Crippen LogP) is 5.48. The molecule has 0 amide bonds. The van der Waals surface area contributed by atoms with Gasteiger partial charge in [-0.2, -0.15) is 0 Å². The van der Waals surface area contributed by atoms with Crippen molar-refractivity contribution in [3.05, 3.63) is 95.6 Å². The van der Waals surface area contributed by atoms with Gasteiger partial charge in [0.2, 0.25) is 0 Å². The van der Waals surface area contributed by atoms with Crippen molar-refractivity contribution in [2.24, 2.45) is 0 Å². The minimum Gasteiger partial charge on any atom is -0.494 e. The Kier molecular flexibility index (Phi) is 8.23. The average Bonchev–Trinajstić information content (AvgIpc) is 2.80. The van der Waals surface area contributed by atoms with Crippen LogP contribution in [-0.4, -0.2) is 25.2 Å². The highest BCUT2D eigenvalue weighted by molar-refractivity contribution is 5.92. The van der Waals surface area contributed by atoms with Gasteiger partial charge in [0, 0.05) is 6.42 Å². The Hall–Kier alpha value is -3.60. The van der Waals surface area contributed by atoms with E-state index < -0.39 is 11.9 Å². The number of carbonyl (C=O) groups excluding carboxylic acids is 2. The lowest BCUT2D eigenvalue weighted by molar-refractivity contribution is 0.0507.